The van der Waals surface area contributed by atoms with Gasteiger partial charge in [0.1, 0.15) is 11.4 Å². The van der Waals surface area contributed by atoms with Crippen molar-refractivity contribution in [2.24, 2.45) is 5.92 Å². The van der Waals surface area contributed by atoms with Crippen LogP contribution in [0.3, 0.4) is 0 Å². The molecule has 0 spiro atoms. The molecule has 1 aromatic carbocycles. The quantitative estimate of drug-likeness (QED) is 0.793. The normalized spacial score (nSPS) is 14.3. The Kier molecular flexibility index (Phi) is 6.79. The minimum atomic E-state index is -0.295. The van der Waals surface area contributed by atoms with Gasteiger partial charge in [0.05, 0.1) is 6.61 Å². The van der Waals surface area contributed by atoms with Crippen molar-refractivity contribution in [1.82, 2.24) is 20.1 Å². The molecule has 7 heteroatoms. The maximum atomic E-state index is 12.3. The van der Waals surface area contributed by atoms with E-state index < -0.39 is 0 Å². The molecule has 1 aliphatic rings. The fourth-order valence-electron chi connectivity index (χ4n) is 3.15. The number of piperidine rings is 1. The fraction of sp³-hybridized carbons (Fsp3) is 0.524. The van der Waals surface area contributed by atoms with Crippen LogP contribution in [0.1, 0.15) is 45.2 Å². The molecule has 3 rings (SSSR count). The molecular formula is C21H28N4O3. The van der Waals surface area contributed by atoms with E-state index in [0.717, 1.165) is 37.2 Å². The van der Waals surface area contributed by atoms with Crippen molar-refractivity contribution in [3.63, 3.8) is 0 Å². The summed E-state index contributed by atoms with van der Waals surface area (Å²) in [4.78, 5) is 29.2. The molecule has 0 unspecified atom stereocenters. The van der Waals surface area contributed by atoms with Gasteiger partial charge in [-0.1, -0.05) is 13.8 Å². The molecule has 2 heterocycles. The summed E-state index contributed by atoms with van der Waals surface area (Å²) < 4.78 is 5.66. The average Bonchev–Trinajstić information content (AvgIpc) is 2.72. The summed E-state index contributed by atoms with van der Waals surface area (Å²) in [7, 11) is 0. The summed E-state index contributed by atoms with van der Waals surface area (Å²) in [5.74, 6) is 1.73. The number of aromatic amines is 1. The summed E-state index contributed by atoms with van der Waals surface area (Å²) in [6, 6.07) is 7.39. The second kappa shape index (κ2) is 9.48. The van der Waals surface area contributed by atoms with Crippen LogP contribution < -0.4 is 10.3 Å². The number of aryl methyl sites for hydroxylation is 1. The zero-order valence-electron chi connectivity index (χ0n) is 16.6. The first-order valence-electron chi connectivity index (χ1n) is 10.00. The Hall–Kier alpha value is -2.70. The van der Waals surface area contributed by atoms with Gasteiger partial charge in [0, 0.05) is 31.5 Å². The van der Waals surface area contributed by atoms with Gasteiger partial charge < -0.3 is 14.6 Å². The predicted octanol–water partition coefficient (Wildman–Crippen LogP) is 2.81. The summed E-state index contributed by atoms with van der Waals surface area (Å²) in [6.45, 7) is 6.47. The third-order valence-corrected chi connectivity index (χ3v) is 4.76. The van der Waals surface area contributed by atoms with Gasteiger partial charge in [-0.2, -0.15) is 0 Å². The molecule has 0 radical (unpaired) electrons. The lowest BCUT2D eigenvalue weighted by Gasteiger charge is -2.26. The van der Waals surface area contributed by atoms with E-state index in [1.54, 1.807) is 0 Å². The Morgan fingerprint density at radius 2 is 1.86 bits per heavy atom. The Bertz CT molecular complexity index is 839. The van der Waals surface area contributed by atoms with Gasteiger partial charge in [-0.25, -0.2) is 0 Å². The van der Waals surface area contributed by atoms with Crippen molar-refractivity contribution in [3.8, 4) is 17.1 Å². The smallest absolute Gasteiger partial charge is 0.273 e. The van der Waals surface area contributed by atoms with Crippen molar-refractivity contribution >= 4 is 5.91 Å². The Morgan fingerprint density at radius 1 is 1.14 bits per heavy atom. The maximum Gasteiger partial charge on any atom is 0.273 e. The van der Waals surface area contributed by atoms with Gasteiger partial charge in [0.2, 0.25) is 5.91 Å². The Balaban J connectivity index is 1.60. The van der Waals surface area contributed by atoms with Gasteiger partial charge in [-0.15, -0.1) is 10.2 Å². The second-order valence-electron chi connectivity index (χ2n) is 7.62. The van der Waals surface area contributed by atoms with Crippen LogP contribution in [0.5, 0.6) is 5.75 Å². The number of carbonyl (C=O) groups excluding carboxylic acids is 1. The van der Waals surface area contributed by atoms with Crippen LogP contribution in [0.15, 0.2) is 29.1 Å². The minimum absolute atomic E-state index is 0.0852. The van der Waals surface area contributed by atoms with Crippen LogP contribution in [0.2, 0.25) is 0 Å². The number of hydrogen-bond acceptors (Lipinski definition) is 5. The highest BCUT2D eigenvalue weighted by molar-refractivity contribution is 5.76. The molecular weight excluding hydrogens is 356 g/mol. The zero-order valence-corrected chi connectivity index (χ0v) is 16.6. The van der Waals surface area contributed by atoms with Crippen LogP contribution >= 0.6 is 0 Å². The fourth-order valence-corrected chi connectivity index (χ4v) is 3.15. The summed E-state index contributed by atoms with van der Waals surface area (Å²) in [5.41, 5.74) is 0.764. The molecule has 0 aliphatic carbocycles. The van der Waals surface area contributed by atoms with Crippen LogP contribution in [-0.2, 0) is 11.2 Å². The van der Waals surface area contributed by atoms with E-state index in [2.05, 4.69) is 29.0 Å². The summed E-state index contributed by atoms with van der Waals surface area (Å²) >= 11 is 0. The number of H-pyrrole nitrogens is 1. The van der Waals surface area contributed by atoms with Crippen molar-refractivity contribution in [1.29, 1.82) is 0 Å². The summed E-state index contributed by atoms with van der Waals surface area (Å²) in [6.07, 6.45) is 3.89. The van der Waals surface area contributed by atoms with E-state index in [4.69, 9.17) is 4.74 Å². The molecule has 2 aromatic rings. The SMILES string of the molecule is CC(C)COc1ccc(-c2nnc(CCC(=O)N3CCCCC3)c(=O)[nH]2)cc1. The number of amides is 1. The van der Waals surface area contributed by atoms with Crippen molar-refractivity contribution in [3.05, 3.63) is 40.3 Å². The first kappa shape index (κ1) is 20.0. The monoisotopic (exact) mass is 384 g/mol. The lowest BCUT2D eigenvalue weighted by Crippen LogP contribution is -2.36. The number of likely N-dealkylation sites (tertiary alicyclic amines) is 1. The van der Waals surface area contributed by atoms with Crippen LogP contribution in [0.25, 0.3) is 11.4 Å². The van der Waals surface area contributed by atoms with Gasteiger partial charge in [0.25, 0.3) is 5.56 Å². The van der Waals surface area contributed by atoms with Crippen LogP contribution in [0, 0.1) is 5.92 Å². The molecule has 1 amide bonds. The number of benzene rings is 1. The molecule has 1 saturated heterocycles. The van der Waals surface area contributed by atoms with Gasteiger partial charge in [0.15, 0.2) is 5.82 Å². The molecule has 150 valence electrons. The van der Waals surface area contributed by atoms with E-state index >= 15 is 0 Å². The van der Waals surface area contributed by atoms with Crippen molar-refractivity contribution in [2.75, 3.05) is 19.7 Å². The van der Waals surface area contributed by atoms with E-state index in [9.17, 15) is 9.59 Å². The third kappa shape index (κ3) is 5.41. The van der Waals surface area contributed by atoms with Gasteiger partial charge in [-0.3, -0.25) is 9.59 Å². The van der Waals surface area contributed by atoms with Crippen molar-refractivity contribution < 1.29 is 9.53 Å². The topological polar surface area (TPSA) is 88.2 Å². The van der Waals surface area contributed by atoms with E-state index in [-0.39, 0.29) is 11.5 Å². The number of carbonyl (C=O) groups is 1. The number of nitrogens with zero attached hydrogens (tertiary/aromatic N) is 3. The average molecular weight is 384 g/mol. The molecule has 0 saturated carbocycles. The number of hydrogen-bond donors (Lipinski definition) is 1. The number of nitrogens with one attached hydrogen (secondary N) is 1. The van der Waals surface area contributed by atoms with Crippen molar-refractivity contribution in [2.45, 2.75) is 46.0 Å². The zero-order chi connectivity index (χ0) is 19.9. The van der Waals surface area contributed by atoms with Crippen LogP contribution in [0.4, 0.5) is 0 Å². The largest absolute Gasteiger partial charge is 0.493 e. The van der Waals surface area contributed by atoms with E-state index in [0.29, 0.717) is 36.9 Å². The lowest BCUT2D eigenvalue weighted by molar-refractivity contribution is -0.132. The molecule has 1 aromatic heterocycles. The highest BCUT2D eigenvalue weighted by atomic mass is 16.5. The molecule has 7 nitrogen and oxygen atoms in total. The van der Waals surface area contributed by atoms with Gasteiger partial charge in [-0.05, 0) is 49.4 Å². The van der Waals surface area contributed by atoms with Crippen LogP contribution in [-0.4, -0.2) is 45.7 Å². The lowest BCUT2D eigenvalue weighted by atomic mass is 10.1. The highest BCUT2D eigenvalue weighted by Crippen LogP contribution is 2.19. The third-order valence-electron chi connectivity index (χ3n) is 4.76. The number of ether oxygens (including phenoxy) is 1. The second-order valence-corrected chi connectivity index (χ2v) is 7.62. The Labute approximate surface area is 165 Å². The molecule has 1 aliphatic heterocycles. The minimum Gasteiger partial charge on any atom is -0.493 e. The highest BCUT2D eigenvalue weighted by Gasteiger charge is 2.17. The van der Waals surface area contributed by atoms with Gasteiger partial charge >= 0.3 is 0 Å². The van der Waals surface area contributed by atoms with E-state index in [1.165, 1.54) is 6.42 Å². The molecule has 0 atom stereocenters. The number of rotatable bonds is 7. The first-order valence-corrected chi connectivity index (χ1v) is 10.00. The molecule has 1 fully saturated rings. The predicted molar refractivity (Wildman–Crippen MR) is 107 cm³/mol. The maximum absolute atomic E-state index is 12.3. The summed E-state index contributed by atoms with van der Waals surface area (Å²) in [5, 5.41) is 8.19. The standard InChI is InChI=1S/C21H28N4O3/c1-15(2)14-28-17-8-6-16(7-9-17)20-22-21(27)18(23-24-20)10-11-19(26)25-12-4-3-5-13-25/h6-9,15H,3-5,10-14H2,1-2H3,(H,22,24,27). The number of aromatic nitrogens is 3. The molecule has 1 N–H and O–H groups in total. The van der Waals surface area contributed by atoms with E-state index in [1.807, 2.05) is 29.2 Å². The molecule has 0 bridgehead atoms. The molecule has 28 heavy (non-hydrogen) atoms. The first-order chi connectivity index (χ1) is 13.5. The Morgan fingerprint density at radius 3 is 2.50 bits per heavy atom.